The van der Waals surface area contributed by atoms with Gasteiger partial charge in [0.05, 0.1) is 12.2 Å². The summed E-state index contributed by atoms with van der Waals surface area (Å²) in [5.41, 5.74) is 0. The Morgan fingerprint density at radius 1 is 0.857 bits per heavy atom. The average molecular weight is 290 g/mol. The lowest BCUT2D eigenvalue weighted by atomic mass is 10.1. The van der Waals surface area contributed by atoms with Crippen molar-refractivity contribution in [1.82, 2.24) is 0 Å². The molecule has 0 aromatic rings. The Hall–Kier alpha value is -0.820. The van der Waals surface area contributed by atoms with Gasteiger partial charge in [0.25, 0.3) is 0 Å². The molecule has 0 aromatic carbocycles. The summed E-state index contributed by atoms with van der Waals surface area (Å²) in [7, 11) is 0. The highest BCUT2D eigenvalue weighted by atomic mass is 16.6. The SMILES string of the molecule is C=CC=CCC=CCC1O[C@@H]1CCCCCCCCCC. The molecule has 2 atom stereocenters. The number of epoxide rings is 1. The molecule has 1 aliphatic heterocycles. The lowest BCUT2D eigenvalue weighted by Crippen LogP contribution is -1.93. The van der Waals surface area contributed by atoms with Gasteiger partial charge in [0.1, 0.15) is 0 Å². The third-order valence-electron chi connectivity index (χ3n) is 4.11. The summed E-state index contributed by atoms with van der Waals surface area (Å²) in [6, 6.07) is 0. The van der Waals surface area contributed by atoms with Crippen LogP contribution in [0.1, 0.15) is 77.6 Å². The Morgan fingerprint density at radius 3 is 2.29 bits per heavy atom. The summed E-state index contributed by atoms with van der Waals surface area (Å²) in [6.07, 6.45) is 26.0. The van der Waals surface area contributed by atoms with E-state index in [-0.39, 0.29) is 0 Å². The quantitative estimate of drug-likeness (QED) is 0.157. The van der Waals surface area contributed by atoms with Crippen LogP contribution < -0.4 is 0 Å². The van der Waals surface area contributed by atoms with E-state index in [4.69, 9.17) is 4.74 Å². The number of allylic oxidation sites excluding steroid dienone is 4. The number of ether oxygens (including phenoxy) is 1. The fraction of sp³-hybridized carbons (Fsp3) is 0.700. The molecule has 1 aliphatic rings. The van der Waals surface area contributed by atoms with Crippen LogP contribution in [0.5, 0.6) is 0 Å². The van der Waals surface area contributed by atoms with Crippen LogP contribution in [-0.2, 0) is 4.74 Å². The van der Waals surface area contributed by atoms with Crippen LogP contribution >= 0.6 is 0 Å². The molecule has 1 heteroatoms. The molecule has 0 radical (unpaired) electrons. The van der Waals surface area contributed by atoms with Crippen LogP contribution in [0.3, 0.4) is 0 Å². The Balaban J connectivity index is 1.84. The predicted octanol–water partition coefficient (Wildman–Crippen LogP) is 6.36. The van der Waals surface area contributed by atoms with E-state index in [1.165, 1.54) is 57.8 Å². The monoisotopic (exact) mass is 290 g/mol. The standard InChI is InChI=1S/C20H34O/c1-3-5-7-9-11-12-14-16-18-20-19(21-20)17-15-13-10-8-6-4-2/h4,6,8,13,15,19-20H,2-3,5,7,9-12,14,16-18H2,1H3/t19?,20-/m1/s1. The highest BCUT2D eigenvalue weighted by Crippen LogP contribution is 2.30. The van der Waals surface area contributed by atoms with Gasteiger partial charge in [0, 0.05) is 0 Å². The molecule has 1 fully saturated rings. The molecular weight excluding hydrogens is 256 g/mol. The molecule has 0 aromatic heterocycles. The first-order chi connectivity index (χ1) is 10.4. The molecular formula is C20H34O. The van der Waals surface area contributed by atoms with Crippen molar-refractivity contribution < 1.29 is 4.74 Å². The Labute approximate surface area is 132 Å². The smallest absolute Gasteiger partial charge is 0.0876 e. The van der Waals surface area contributed by atoms with Crippen molar-refractivity contribution in [3.05, 3.63) is 37.0 Å². The first-order valence-corrected chi connectivity index (χ1v) is 8.96. The van der Waals surface area contributed by atoms with Crippen LogP contribution in [0.4, 0.5) is 0 Å². The van der Waals surface area contributed by atoms with Gasteiger partial charge < -0.3 is 4.74 Å². The first kappa shape index (κ1) is 18.2. The van der Waals surface area contributed by atoms with Crippen molar-refractivity contribution in [1.29, 1.82) is 0 Å². The van der Waals surface area contributed by atoms with E-state index in [1.54, 1.807) is 0 Å². The molecule has 1 unspecified atom stereocenters. The van der Waals surface area contributed by atoms with Gasteiger partial charge in [-0.2, -0.15) is 0 Å². The second-order valence-corrected chi connectivity index (χ2v) is 6.08. The molecule has 1 heterocycles. The van der Waals surface area contributed by atoms with E-state index in [0.717, 1.165) is 12.8 Å². The van der Waals surface area contributed by atoms with E-state index in [2.05, 4.69) is 31.7 Å². The highest BCUT2D eigenvalue weighted by molar-refractivity contribution is 5.02. The minimum atomic E-state index is 0.509. The summed E-state index contributed by atoms with van der Waals surface area (Å²) in [5.74, 6) is 0. The molecule has 1 saturated heterocycles. The zero-order valence-electron chi connectivity index (χ0n) is 13.9. The first-order valence-electron chi connectivity index (χ1n) is 8.96. The van der Waals surface area contributed by atoms with E-state index >= 15 is 0 Å². The van der Waals surface area contributed by atoms with Crippen molar-refractivity contribution in [2.24, 2.45) is 0 Å². The van der Waals surface area contributed by atoms with Crippen LogP contribution in [0.2, 0.25) is 0 Å². The average Bonchev–Trinajstić information content (AvgIpc) is 3.24. The van der Waals surface area contributed by atoms with E-state index in [0.29, 0.717) is 12.2 Å². The second-order valence-electron chi connectivity index (χ2n) is 6.08. The minimum Gasteiger partial charge on any atom is -0.369 e. The maximum atomic E-state index is 5.72. The predicted molar refractivity (Wildman–Crippen MR) is 93.6 cm³/mol. The number of hydrogen-bond donors (Lipinski definition) is 0. The summed E-state index contributed by atoms with van der Waals surface area (Å²) >= 11 is 0. The van der Waals surface area contributed by atoms with E-state index in [9.17, 15) is 0 Å². The fourth-order valence-electron chi connectivity index (χ4n) is 2.70. The molecule has 0 spiro atoms. The summed E-state index contributed by atoms with van der Waals surface area (Å²) in [6.45, 7) is 5.93. The second kappa shape index (κ2) is 12.9. The van der Waals surface area contributed by atoms with Gasteiger partial charge in [-0.3, -0.25) is 0 Å². The normalized spacial score (nSPS) is 21.4. The van der Waals surface area contributed by atoms with Crippen molar-refractivity contribution in [3.63, 3.8) is 0 Å². The van der Waals surface area contributed by atoms with Gasteiger partial charge in [0.15, 0.2) is 0 Å². The third kappa shape index (κ3) is 10.5. The van der Waals surface area contributed by atoms with Gasteiger partial charge in [-0.15, -0.1) is 0 Å². The molecule has 120 valence electrons. The molecule has 21 heavy (non-hydrogen) atoms. The minimum absolute atomic E-state index is 0.509. The third-order valence-corrected chi connectivity index (χ3v) is 4.11. The van der Waals surface area contributed by atoms with Crippen LogP contribution in [0.25, 0.3) is 0 Å². The maximum Gasteiger partial charge on any atom is 0.0876 e. The molecule has 0 aliphatic carbocycles. The summed E-state index contributed by atoms with van der Waals surface area (Å²) in [4.78, 5) is 0. The lowest BCUT2D eigenvalue weighted by molar-refractivity contribution is 0.358. The number of unbranched alkanes of at least 4 members (excludes halogenated alkanes) is 7. The van der Waals surface area contributed by atoms with Crippen LogP contribution in [0.15, 0.2) is 37.0 Å². The topological polar surface area (TPSA) is 12.5 Å². The van der Waals surface area contributed by atoms with E-state index < -0.39 is 0 Å². The largest absolute Gasteiger partial charge is 0.369 e. The van der Waals surface area contributed by atoms with Crippen LogP contribution in [-0.4, -0.2) is 12.2 Å². The zero-order valence-corrected chi connectivity index (χ0v) is 13.9. The summed E-state index contributed by atoms with van der Waals surface area (Å²) < 4.78 is 5.72. The van der Waals surface area contributed by atoms with Crippen molar-refractivity contribution in [2.75, 3.05) is 0 Å². The van der Waals surface area contributed by atoms with Crippen molar-refractivity contribution >= 4 is 0 Å². The maximum absolute atomic E-state index is 5.72. The van der Waals surface area contributed by atoms with Gasteiger partial charge in [-0.05, 0) is 19.3 Å². The Bertz CT molecular complexity index is 303. The molecule has 0 N–H and O–H groups in total. The molecule has 1 nitrogen and oxygen atoms in total. The number of hydrogen-bond acceptors (Lipinski definition) is 1. The molecule has 0 saturated carbocycles. The van der Waals surface area contributed by atoms with Crippen LogP contribution in [0, 0.1) is 0 Å². The summed E-state index contributed by atoms with van der Waals surface area (Å²) in [5, 5.41) is 0. The van der Waals surface area contributed by atoms with Gasteiger partial charge in [-0.1, -0.05) is 95.2 Å². The highest BCUT2D eigenvalue weighted by Gasteiger charge is 2.36. The van der Waals surface area contributed by atoms with Gasteiger partial charge in [0.2, 0.25) is 0 Å². The van der Waals surface area contributed by atoms with E-state index in [1.807, 2.05) is 12.2 Å². The molecule has 0 amide bonds. The Morgan fingerprint density at radius 2 is 1.57 bits per heavy atom. The number of rotatable bonds is 14. The Kier molecular flexibility index (Phi) is 11.2. The van der Waals surface area contributed by atoms with Crippen molar-refractivity contribution in [2.45, 2.75) is 89.8 Å². The van der Waals surface area contributed by atoms with Gasteiger partial charge in [-0.25, -0.2) is 0 Å². The molecule has 1 rings (SSSR count). The lowest BCUT2D eigenvalue weighted by Gasteiger charge is -2.00. The zero-order chi connectivity index (χ0) is 15.2. The van der Waals surface area contributed by atoms with Gasteiger partial charge >= 0.3 is 0 Å². The molecule has 0 bridgehead atoms. The fourth-order valence-corrected chi connectivity index (χ4v) is 2.70. The van der Waals surface area contributed by atoms with Crippen molar-refractivity contribution in [3.8, 4) is 0 Å².